The van der Waals surface area contributed by atoms with Crippen LogP contribution >= 0.6 is 0 Å². The molecule has 0 aliphatic carbocycles. The lowest BCUT2D eigenvalue weighted by Gasteiger charge is -2.21. The minimum Gasteiger partial charge on any atom is -0.486 e. The van der Waals surface area contributed by atoms with Gasteiger partial charge in [0.25, 0.3) is 0 Å². The van der Waals surface area contributed by atoms with Crippen LogP contribution in [0.2, 0.25) is 0 Å². The van der Waals surface area contributed by atoms with Crippen LogP contribution < -0.4 is 15.2 Å². The van der Waals surface area contributed by atoms with Crippen molar-refractivity contribution in [2.24, 2.45) is 7.05 Å². The Balaban J connectivity index is 2.13. The zero-order valence-corrected chi connectivity index (χ0v) is 10.4. The third-order valence-corrected chi connectivity index (χ3v) is 3.15. The number of aryl methyl sites for hydroxylation is 1. The standard InChI is InChI=1S/C13H15N3O2/c1-8-9(10-7-12(14)16(2)15-10)3-4-11-13(8)18-6-5-17-11/h3-4,7H,5-6,14H2,1-2H3. The number of rotatable bonds is 1. The van der Waals surface area contributed by atoms with Gasteiger partial charge in [0.1, 0.15) is 19.0 Å². The molecule has 0 unspecified atom stereocenters. The first-order chi connectivity index (χ1) is 8.66. The van der Waals surface area contributed by atoms with Gasteiger partial charge in [-0.05, 0) is 19.1 Å². The number of hydrogen-bond acceptors (Lipinski definition) is 4. The van der Waals surface area contributed by atoms with E-state index in [4.69, 9.17) is 15.2 Å². The van der Waals surface area contributed by atoms with E-state index >= 15 is 0 Å². The van der Waals surface area contributed by atoms with Gasteiger partial charge in [-0.3, -0.25) is 4.68 Å². The van der Waals surface area contributed by atoms with E-state index in [1.165, 1.54) is 0 Å². The average molecular weight is 245 g/mol. The van der Waals surface area contributed by atoms with Crippen molar-refractivity contribution in [3.63, 3.8) is 0 Å². The van der Waals surface area contributed by atoms with E-state index in [9.17, 15) is 0 Å². The summed E-state index contributed by atoms with van der Waals surface area (Å²) in [6.07, 6.45) is 0. The summed E-state index contributed by atoms with van der Waals surface area (Å²) in [6.45, 7) is 3.19. The zero-order chi connectivity index (χ0) is 12.7. The normalized spacial score (nSPS) is 13.7. The van der Waals surface area contributed by atoms with Crippen molar-refractivity contribution < 1.29 is 9.47 Å². The van der Waals surface area contributed by atoms with E-state index in [-0.39, 0.29) is 0 Å². The second kappa shape index (κ2) is 3.94. The van der Waals surface area contributed by atoms with E-state index in [0.717, 1.165) is 28.3 Å². The van der Waals surface area contributed by atoms with E-state index in [1.54, 1.807) is 4.68 Å². The van der Waals surface area contributed by atoms with Crippen LogP contribution in [0.25, 0.3) is 11.3 Å². The number of nitrogen functional groups attached to an aromatic ring is 1. The number of anilines is 1. The SMILES string of the molecule is Cc1c(-c2cc(N)n(C)n2)ccc2c1OCCO2. The Bertz CT molecular complexity index is 585. The Morgan fingerprint density at radius 2 is 2.06 bits per heavy atom. The molecule has 1 aromatic carbocycles. The lowest BCUT2D eigenvalue weighted by molar-refractivity contribution is 0.170. The predicted molar refractivity (Wildman–Crippen MR) is 68.8 cm³/mol. The van der Waals surface area contributed by atoms with Gasteiger partial charge in [0, 0.05) is 24.2 Å². The summed E-state index contributed by atoms with van der Waals surface area (Å²) in [5, 5.41) is 4.39. The number of aromatic nitrogens is 2. The summed E-state index contributed by atoms with van der Waals surface area (Å²) < 4.78 is 12.9. The Hall–Kier alpha value is -2.17. The second-order valence-corrected chi connectivity index (χ2v) is 4.34. The fraction of sp³-hybridized carbons (Fsp3) is 0.308. The molecule has 94 valence electrons. The first-order valence-electron chi connectivity index (χ1n) is 5.86. The molecule has 0 atom stereocenters. The summed E-state index contributed by atoms with van der Waals surface area (Å²) >= 11 is 0. The second-order valence-electron chi connectivity index (χ2n) is 4.34. The molecule has 2 aromatic rings. The number of ether oxygens (including phenoxy) is 2. The Morgan fingerprint density at radius 1 is 1.28 bits per heavy atom. The van der Waals surface area contributed by atoms with Crippen LogP contribution in [0.15, 0.2) is 18.2 Å². The fourth-order valence-corrected chi connectivity index (χ4v) is 2.15. The first-order valence-corrected chi connectivity index (χ1v) is 5.86. The molecule has 0 bridgehead atoms. The Morgan fingerprint density at radius 3 is 2.78 bits per heavy atom. The molecular formula is C13H15N3O2. The molecule has 2 heterocycles. The maximum absolute atomic E-state index is 5.81. The summed E-state index contributed by atoms with van der Waals surface area (Å²) in [4.78, 5) is 0. The molecule has 0 fully saturated rings. The summed E-state index contributed by atoms with van der Waals surface area (Å²) in [5.41, 5.74) is 8.71. The summed E-state index contributed by atoms with van der Waals surface area (Å²) in [6, 6.07) is 5.77. The lowest BCUT2D eigenvalue weighted by Crippen LogP contribution is -2.16. The number of benzene rings is 1. The highest BCUT2D eigenvalue weighted by Gasteiger charge is 2.18. The molecule has 2 N–H and O–H groups in total. The van der Waals surface area contributed by atoms with Crippen LogP contribution in [0.3, 0.4) is 0 Å². The van der Waals surface area contributed by atoms with Crippen LogP contribution in [0.4, 0.5) is 5.82 Å². The predicted octanol–water partition coefficient (Wildman–Crippen LogP) is 1.75. The van der Waals surface area contributed by atoms with Crippen molar-refractivity contribution in [2.45, 2.75) is 6.92 Å². The molecule has 1 aliphatic heterocycles. The molecule has 18 heavy (non-hydrogen) atoms. The molecule has 0 saturated carbocycles. The summed E-state index contributed by atoms with van der Waals surface area (Å²) in [7, 11) is 1.83. The fourth-order valence-electron chi connectivity index (χ4n) is 2.15. The molecule has 0 saturated heterocycles. The Labute approximate surface area is 105 Å². The maximum atomic E-state index is 5.81. The van der Waals surface area contributed by atoms with Crippen molar-refractivity contribution in [1.29, 1.82) is 0 Å². The third-order valence-electron chi connectivity index (χ3n) is 3.15. The van der Waals surface area contributed by atoms with Gasteiger partial charge in [-0.25, -0.2) is 0 Å². The van der Waals surface area contributed by atoms with E-state index in [1.807, 2.05) is 32.2 Å². The van der Waals surface area contributed by atoms with Crippen molar-refractivity contribution in [2.75, 3.05) is 18.9 Å². The maximum Gasteiger partial charge on any atom is 0.164 e. The van der Waals surface area contributed by atoms with Gasteiger partial charge in [0.2, 0.25) is 0 Å². The molecule has 0 radical (unpaired) electrons. The highest BCUT2D eigenvalue weighted by atomic mass is 16.6. The van der Waals surface area contributed by atoms with Crippen molar-refractivity contribution in [1.82, 2.24) is 9.78 Å². The van der Waals surface area contributed by atoms with Crippen molar-refractivity contribution in [3.8, 4) is 22.8 Å². The zero-order valence-electron chi connectivity index (χ0n) is 10.4. The van der Waals surface area contributed by atoms with Crippen LogP contribution in [0, 0.1) is 6.92 Å². The van der Waals surface area contributed by atoms with E-state index < -0.39 is 0 Å². The topological polar surface area (TPSA) is 62.3 Å². The van der Waals surface area contributed by atoms with Gasteiger partial charge >= 0.3 is 0 Å². The minimum atomic E-state index is 0.585. The number of fused-ring (bicyclic) bond motifs is 1. The van der Waals surface area contributed by atoms with E-state index in [2.05, 4.69) is 5.10 Å². The smallest absolute Gasteiger partial charge is 0.164 e. The van der Waals surface area contributed by atoms with Gasteiger partial charge in [0.05, 0.1) is 5.69 Å². The average Bonchev–Trinajstić information content (AvgIpc) is 2.70. The van der Waals surface area contributed by atoms with Crippen molar-refractivity contribution >= 4 is 5.82 Å². The van der Waals surface area contributed by atoms with Gasteiger partial charge in [0.15, 0.2) is 11.5 Å². The van der Waals surface area contributed by atoms with Crippen molar-refractivity contribution in [3.05, 3.63) is 23.8 Å². The molecule has 0 amide bonds. The lowest BCUT2D eigenvalue weighted by atomic mass is 10.0. The first kappa shape index (κ1) is 11.0. The number of nitrogens with two attached hydrogens (primary N) is 1. The quantitative estimate of drug-likeness (QED) is 0.831. The highest BCUT2D eigenvalue weighted by Crippen LogP contribution is 2.39. The van der Waals surface area contributed by atoms with Gasteiger partial charge in [-0.1, -0.05) is 0 Å². The molecule has 5 heteroatoms. The molecular weight excluding hydrogens is 230 g/mol. The number of nitrogens with zero attached hydrogens (tertiary/aromatic N) is 2. The molecule has 1 aliphatic rings. The van der Waals surface area contributed by atoms with Gasteiger partial charge in [-0.2, -0.15) is 5.10 Å². The molecule has 3 rings (SSSR count). The van der Waals surface area contributed by atoms with Crippen LogP contribution in [-0.2, 0) is 7.05 Å². The Kier molecular flexibility index (Phi) is 2.40. The van der Waals surface area contributed by atoms with Gasteiger partial charge < -0.3 is 15.2 Å². The largest absolute Gasteiger partial charge is 0.486 e. The highest BCUT2D eigenvalue weighted by molar-refractivity contribution is 5.71. The number of hydrogen-bond donors (Lipinski definition) is 1. The monoisotopic (exact) mass is 245 g/mol. The summed E-state index contributed by atoms with van der Waals surface area (Å²) in [5.74, 6) is 2.24. The minimum absolute atomic E-state index is 0.585. The molecule has 5 nitrogen and oxygen atoms in total. The van der Waals surface area contributed by atoms with Crippen LogP contribution in [0.5, 0.6) is 11.5 Å². The van der Waals surface area contributed by atoms with E-state index in [0.29, 0.717) is 19.0 Å². The third kappa shape index (κ3) is 1.59. The van der Waals surface area contributed by atoms with Crippen LogP contribution in [0.1, 0.15) is 5.56 Å². The van der Waals surface area contributed by atoms with Crippen LogP contribution in [-0.4, -0.2) is 23.0 Å². The van der Waals surface area contributed by atoms with Gasteiger partial charge in [-0.15, -0.1) is 0 Å². The molecule has 0 spiro atoms. The molecule has 1 aromatic heterocycles.